The monoisotopic (exact) mass is 508 g/mol. The molecule has 182 valence electrons. The third-order valence-corrected chi connectivity index (χ3v) is 5.82. The van der Waals surface area contributed by atoms with E-state index < -0.39 is 0 Å². The molecule has 0 saturated carbocycles. The summed E-state index contributed by atoms with van der Waals surface area (Å²) in [4.78, 5) is 12.3. The van der Waals surface area contributed by atoms with E-state index in [-0.39, 0.29) is 13.3 Å². The zero-order valence-corrected chi connectivity index (χ0v) is 20.6. The average molecular weight is 509 g/mol. The lowest BCUT2D eigenvalue weighted by molar-refractivity contribution is 0.0953. The molecule has 2 N–H and O–H groups in total. The molecule has 0 aliphatic rings. The van der Waals surface area contributed by atoms with E-state index >= 15 is 0 Å². The minimum atomic E-state index is -0.0650. The van der Waals surface area contributed by atoms with Crippen molar-refractivity contribution in [3.63, 3.8) is 0 Å². The van der Waals surface area contributed by atoms with Crippen LogP contribution in [0.25, 0.3) is 16.9 Å². The highest BCUT2D eigenvalue weighted by molar-refractivity contribution is 6.35. The highest BCUT2D eigenvalue weighted by Gasteiger charge is 2.13. The normalized spacial score (nSPS) is 10.5. The molecule has 4 rings (SSSR count). The lowest BCUT2D eigenvalue weighted by Gasteiger charge is -2.11. The van der Waals surface area contributed by atoms with Crippen molar-refractivity contribution >= 4 is 40.6 Å². The molecular weight excluding hydrogens is 479 g/mol. The number of anilines is 2. The van der Waals surface area contributed by atoms with E-state index in [4.69, 9.17) is 28.3 Å². The summed E-state index contributed by atoms with van der Waals surface area (Å²) in [6, 6.07) is 22.9. The van der Waals surface area contributed by atoms with Gasteiger partial charge in [-0.15, -0.1) is 0 Å². The molecule has 0 unspecified atom stereocenters. The molecule has 3 aromatic carbocycles. The van der Waals surface area contributed by atoms with Crippen LogP contribution in [0.2, 0.25) is 10.0 Å². The Morgan fingerprint density at radius 3 is 2.23 bits per heavy atom. The zero-order chi connectivity index (χ0) is 24.1. The highest BCUT2D eigenvalue weighted by Crippen LogP contribution is 2.31. The molecule has 0 spiro atoms. The molecule has 0 saturated heterocycles. The van der Waals surface area contributed by atoms with E-state index in [0.29, 0.717) is 22.2 Å². The topological polar surface area (TPSA) is 59.0 Å². The van der Waals surface area contributed by atoms with Gasteiger partial charge in [0, 0.05) is 39.5 Å². The molecule has 0 aliphatic heterocycles. The first-order valence-electron chi connectivity index (χ1n) is 11.2. The number of nitrogens with one attached hydrogen (secondary N) is 2. The molecular formula is C28H30Cl2N4O. The molecule has 5 nitrogen and oxygen atoms in total. The fourth-order valence-corrected chi connectivity index (χ4v) is 4.06. The highest BCUT2D eigenvalue weighted by atomic mass is 35.5. The summed E-state index contributed by atoms with van der Waals surface area (Å²) in [5.41, 5.74) is 5.11. The molecule has 0 bridgehead atoms. The largest absolute Gasteiger partial charge is 0.352 e. The number of carbonyl (C=O) groups is 1. The van der Waals surface area contributed by atoms with Gasteiger partial charge < -0.3 is 10.6 Å². The van der Waals surface area contributed by atoms with Crippen LogP contribution in [0.3, 0.4) is 0 Å². The summed E-state index contributed by atoms with van der Waals surface area (Å²) in [6.45, 7) is 4.83. The Morgan fingerprint density at radius 1 is 0.943 bits per heavy atom. The Balaban J connectivity index is 0.00000342. The van der Waals surface area contributed by atoms with Gasteiger partial charge in [-0.1, -0.05) is 61.7 Å². The number of aryl methyl sites for hydroxylation is 1. The lowest BCUT2D eigenvalue weighted by atomic mass is 10.1. The SMILES string of the molecule is C.CCCCNC(=O)c1ccc(Nc2cc(-c3cc(Cl)cc(Cl)c3)nn2-c2ccc(C)cc2)cc1. The third kappa shape index (κ3) is 6.65. The minimum Gasteiger partial charge on any atom is -0.352 e. The van der Waals surface area contributed by atoms with E-state index in [1.165, 1.54) is 5.56 Å². The fourth-order valence-electron chi connectivity index (χ4n) is 3.53. The number of aromatic nitrogens is 2. The van der Waals surface area contributed by atoms with E-state index in [1.807, 2.05) is 78.3 Å². The third-order valence-electron chi connectivity index (χ3n) is 5.38. The van der Waals surface area contributed by atoms with Crippen LogP contribution in [0.15, 0.2) is 72.8 Å². The first kappa shape index (κ1) is 26.3. The van der Waals surface area contributed by atoms with Crippen LogP contribution in [0.5, 0.6) is 0 Å². The number of halogens is 2. The van der Waals surface area contributed by atoms with Gasteiger partial charge in [0.15, 0.2) is 0 Å². The predicted octanol–water partition coefficient (Wildman–Crippen LogP) is 8.06. The van der Waals surface area contributed by atoms with E-state index in [0.717, 1.165) is 41.3 Å². The summed E-state index contributed by atoms with van der Waals surface area (Å²) < 4.78 is 1.84. The quantitative estimate of drug-likeness (QED) is 0.236. The van der Waals surface area contributed by atoms with E-state index in [1.54, 1.807) is 6.07 Å². The molecule has 0 atom stereocenters. The van der Waals surface area contributed by atoms with Crippen LogP contribution in [0.4, 0.5) is 11.5 Å². The van der Waals surface area contributed by atoms with Crippen molar-refractivity contribution in [1.29, 1.82) is 0 Å². The number of unbranched alkanes of at least 4 members (excludes halogenated alkanes) is 1. The second kappa shape index (κ2) is 11.9. The second-order valence-electron chi connectivity index (χ2n) is 8.13. The average Bonchev–Trinajstić information content (AvgIpc) is 3.23. The van der Waals surface area contributed by atoms with Crippen LogP contribution >= 0.6 is 23.2 Å². The van der Waals surface area contributed by atoms with Crippen molar-refractivity contribution in [2.45, 2.75) is 34.1 Å². The van der Waals surface area contributed by atoms with Crippen molar-refractivity contribution in [1.82, 2.24) is 15.1 Å². The number of carbonyl (C=O) groups excluding carboxylic acids is 1. The molecule has 1 amide bonds. The fraction of sp³-hybridized carbons (Fsp3) is 0.214. The van der Waals surface area contributed by atoms with Crippen LogP contribution < -0.4 is 10.6 Å². The molecule has 35 heavy (non-hydrogen) atoms. The number of hydrogen-bond donors (Lipinski definition) is 2. The van der Waals surface area contributed by atoms with Gasteiger partial charge in [-0.25, -0.2) is 4.68 Å². The van der Waals surface area contributed by atoms with Crippen molar-refractivity contribution in [2.24, 2.45) is 0 Å². The Labute approximate surface area is 217 Å². The van der Waals surface area contributed by atoms with Crippen LogP contribution in [0.1, 0.15) is 43.1 Å². The number of nitrogens with zero attached hydrogens (tertiary/aromatic N) is 2. The Bertz CT molecular complexity index is 1260. The maximum atomic E-state index is 12.3. The second-order valence-corrected chi connectivity index (χ2v) is 9.00. The van der Waals surface area contributed by atoms with Crippen molar-refractivity contribution in [3.8, 4) is 16.9 Å². The van der Waals surface area contributed by atoms with Crippen LogP contribution in [-0.4, -0.2) is 22.2 Å². The summed E-state index contributed by atoms with van der Waals surface area (Å²) >= 11 is 12.4. The Hall–Kier alpha value is -3.28. The van der Waals surface area contributed by atoms with Crippen LogP contribution in [0, 0.1) is 6.92 Å². The Kier molecular flexibility index (Phi) is 8.96. The van der Waals surface area contributed by atoms with Gasteiger partial charge in [0.1, 0.15) is 5.82 Å². The van der Waals surface area contributed by atoms with E-state index in [2.05, 4.69) is 17.6 Å². The first-order chi connectivity index (χ1) is 16.4. The lowest BCUT2D eigenvalue weighted by Crippen LogP contribution is -2.24. The number of benzene rings is 3. The maximum absolute atomic E-state index is 12.3. The maximum Gasteiger partial charge on any atom is 0.251 e. The van der Waals surface area contributed by atoms with E-state index in [9.17, 15) is 4.79 Å². The molecule has 7 heteroatoms. The first-order valence-corrected chi connectivity index (χ1v) is 12.0. The standard InChI is InChI=1S/C27H26Cl2N4O.CH4/c1-3-4-13-30-27(34)19-7-9-23(10-8-19)31-26-17-25(20-14-21(28)16-22(29)15-20)32-33(26)24-11-5-18(2)6-12-24;/h5-12,14-17,31H,3-4,13H2,1-2H3,(H,30,34);1H4. The molecule has 0 aliphatic carbocycles. The van der Waals surface area contributed by atoms with Crippen molar-refractivity contribution in [3.05, 3.63) is 94.0 Å². The van der Waals surface area contributed by atoms with Gasteiger partial charge in [-0.2, -0.15) is 5.10 Å². The van der Waals surface area contributed by atoms with Crippen molar-refractivity contribution in [2.75, 3.05) is 11.9 Å². The van der Waals surface area contributed by atoms with Gasteiger partial charge >= 0.3 is 0 Å². The molecule has 4 aromatic rings. The molecule has 1 heterocycles. The van der Waals surface area contributed by atoms with Gasteiger partial charge in [0.2, 0.25) is 0 Å². The zero-order valence-electron chi connectivity index (χ0n) is 19.1. The summed E-state index contributed by atoms with van der Waals surface area (Å²) in [6.07, 6.45) is 2.01. The van der Waals surface area contributed by atoms with Gasteiger partial charge in [-0.3, -0.25) is 4.79 Å². The summed E-state index contributed by atoms with van der Waals surface area (Å²) in [5.74, 6) is 0.708. The summed E-state index contributed by atoms with van der Waals surface area (Å²) in [7, 11) is 0. The molecule has 1 aromatic heterocycles. The van der Waals surface area contributed by atoms with Crippen LogP contribution in [-0.2, 0) is 0 Å². The summed E-state index contributed by atoms with van der Waals surface area (Å²) in [5, 5.41) is 12.3. The Morgan fingerprint density at radius 2 is 1.60 bits per heavy atom. The number of rotatable bonds is 8. The molecule has 0 radical (unpaired) electrons. The van der Waals surface area contributed by atoms with Crippen molar-refractivity contribution < 1.29 is 4.79 Å². The van der Waals surface area contributed by atoms with Gasteiger partial charge in [0.05, 0.1) is 11.4 Å². The number of hydrogen-bond acceptors (Lipinski definition) is 3. The van der Waals surface area contributed by atoms with Gasteiger partial charge in [-0.05, 0) is 67.9 Å². The molecule has 0 fully saturated rings. The minimum absolute atomic E-state index is 0. The van der Waals surface area contributed by atoms with Gasteiger partial charge in [0.25, 0.3) is 5.91 Å². The smallest absolute Gasteiger partial charge is 0.251 e. The number of amides is 1. The predicted molar refractivity (Wildman–Crippen MR) is 147 cm³/mol.